The van der Waals surface area contributed by atoms with Crippen LogP contribution >= 0.6 is 0 Å². The molecule has 2 unspecified atom stereocenters. The van der Waals surface area contributed by atoms with Gasteiger partial charge in [-0.15, -0.1) is 0 Å². The summed E-state index contributed by atoms with van der Waals surface area (Å²) in [4.78, 5) is 2.20. The summed E-state index contributed by atoms with van der Waals surface area (Å²) < 4.78 is 13.9. The van der Waals surface area contributed by atoms with E-state index >= 15 is 0 Å². The van der Waals surface area contributed by atoms with Crippen molar-refractivity contribution in [3.05, 3.63) is 29.6 Å². The summed E-state index contributed by atoms with van der Waals surface area (Å²) in [6, 6.07) is 5.60. The third-order valence-corrected chi connectivity index (χ3v) is 3.91. The van der Waals surface area contributed by atoms with Crippen LogP contribution < -0.4 is 4.90 Å². The first kappa shape index (κ1) is 10.1. The van der Waals surface area contributed by atoms with Gasteiger partial charge in [0.25, 0.3) is 0 Å². The highest BCUT2D eigenvalue weighted by Crippen LogP contribution is 2.40. The lowest BCUT2D eigenvalue weighted by Gasteiger charge is -2.29. The van der Waals surface area contributed by atoms with Crippen molar-refractivity contribution in [2.45, 2.75) is 31.9 Å². The van der Waals surface area contributed by atoms with Crippen LogP contribution in [0.5, 0.6) is 0 Å². The van der Waals surface area contributed by atoms with Gasteiger partial charge in [0.05, 0.1) is 12.3 Å². The number of aliphatic hydroxyl groups excluding tert-OH is 1. The molecule has 0 spiro atoms. The molecule has 1 aliphatic heterocycles. The van der Waals surface area contributed by atoms with E-state index in [-0.39, 0.29) is 12.4 Å². The van der Waals surface area contributed by atoms with E-state index in [1.807, 2.05) is 12.1 Å². The highest BCUT2D eigenvalue weighted by Gasteiger charge is 2.38. The van der Waals surface area contributed by atoms with Gasteiger partial charge in [-0.05, 0) is 42.9 Å². The van der Waals surface area contributed by atoms with Crippen LogP contribution in [0.1, 0.15) is 24.8 Å². The molecule has 0 aromatic heterocycles. The van der Waals surface area contributed by atoms with Gasteiger partial charge in [-0.3, -0.25) is 0 Å². The molecule has 3 rings (SSSR count). The molecular weight excluding hydrogens is 205 g/mol. The largest absolute Gasteiger partial charge is 0.392 e. The molecule has 2 bridgehead atoms. The Kier molecular flexibility index (Phi) is 2.36. The normalized spacial score (nSPS) is 27.8. The predicted octanol–water partition coefficient (Wildman–Crippen LogP) is 2.31. The van der Waals surface area contributed by atoms with Gasteiger partial charge in [0, 0.05) is 12.6 Å². The molecule has 2 aliphatic rings. The number of anilines is 1. The Morgan fingerprint density at radius 2 is 2.25 bits per heavy atom. The lowest BCUT2D eigenvalue weighted by molar-refractivity contribution is 0.281. The van der Waals surface area contributed by atoms with Crippen LogP contribution in [0.4, 0.5) is 10.1 Å². The number of aliphatic hydroxyl groups is 1. The second-order valence-electron chi connectivity index (χ2n) is 4.93. The average Bonchev–Trinajstić information content (AvgIpc) is 2.90. The van der Waals surface area contributed by atoms with E-state index in [9.17, 15) is 4.39 Å². The summed E-state index contributed by atoms with van der Waals surface area (Å²) in [5.74, 6) is 0.570. The fourth-order valence-corrected chi connectivity index (χ4v) is 3.10. The van der Waals surface area contributed by atoms with Crippen LogP contribution in [0.25, 0.3) is 0 Å². The van der Waals surface area contributed by atoms with Crippen molar-refractivity contribution in [2.75, 3.05) is 11.4 Å². The first-order valence-electron chi connectivity index (χ1n) is 5.94. The van der Waals surface area contributed by atoms with E-state index in [1.165, 1.54) is 25.3 Å². The summed E-state index contributed by atoms with van der Waals surface area (Å²) in [7, 11) is 0. The number of hydrogen-bond donors (Lipinski definition) is 1. The zero-order valence-electron chi connectivity index (χ0n) is 9.19. The molecule has 1 heterocycles. The zero-order chi connectivity index (χ0) is 11.1. The number of hydrogen-bond acceptors (Lipinski definition) is 2. The van der Waals surface area contributed by atoms with E-state index in [0.29, 0.717) is 17.3 Å². The molecule has 1 saturated carbocycles. The Labute approximate surface area is 94.7 Å². The van der Waals surface area contributed by atoms with Crippen LogP contribution in [0.15, 0.2) is 18.2 Å². The average molecular weight is 221 g/mol. The summed E-state index contributed by atoms with van der Waals surface area (Å²) in [5, 5.41) is 8.94. The number of fused-ring (bicyclic) bond motifs is 2. The van der Waals surface area contributed by atoms with Crippen LogP contribution in [-0.4, -0.2) is 17.7 Å². The van der Waals surface area contributed by atoms with Gasteiger partial charge >= 0.3 is 0 Å². The second kappa shape index (κ2) is 3.74. The lowest BCUT2D eigenvalue weighted by Crippen LogP contribution is -2.32. The molecule has 3 heteroatoms. The topological polar surface area (TPSA) is 23.5 Å². The Hall–Kier alpha value is -1.09. The fraction of sp³-hybridized carbons (Fsp3) is 0.538. The van der Waals surface area contributed by atoms with Gasteiger partial charge in [0.15, 0.2) is 0 Å². The molecule has 1 aromatic rings. The molecule has 2 atom stereocenters. The van der Waals surface area contributed by atoms with Crippen molar-refractivity contribution in [3.63, 3.8) is 0 Å². The van der Waals surface area contributed by atoms with E-state index in [4.69, 9.17) is 5.11 Å². The van der Waals surface area contributed by atoms with Crippen molar-refractivity contribution in [2.24, 2.45) is 5.92 Å². The highest BCUT2D eigenvalue weighted by atomic mass is 19.1. The molecule has 2 nitrogen and oxygen atoms in total. The minimum atomic E-state index is -0.195. The molecule has 0 radical (unpaired) electrons. The maximum Gasteiger partial charge on any atom is 0.146 e. The van der Waals surface area contributed by atoms with Gasteiger partial charge in [0.1, 0.15) is 5.82 Å². The van der Waals surface area contributed by atoms with E-state index in [2.05, 4.69) is 4.90 Å². The van der Waals surface area contributed by atoms with Crippen LogP contribution in [0, 0.1) is 11.7 Å². The zero-order valence-corrected chi connectivity index (χ0v) is 9.19. The Balaban J connectivity index is 1.89. The van der Waals surface area contributed by atoms with Gasteiger partial charge in [-0.1, -0.05) is 6.07 Å². The quantitative estimate of drug-likeness (QED) is 0.828. The predicted molar refractivity (Wildman–Crippen MR) is 60.8 cm³/mol. The standard InChI is InChI=1S/C13H16FNO/c14-12-6-10(8-16)2-4-13(12)15-7-9-1-3-11(15)5-9/h2,4,6,9,11,16H,1,3,5,7-8H2. The maximum absolute atomic E-state index is 13.9. The SMILES string of the molecule is OCc1ccc(N2CC3CCC2C3)c(F)c1. The monoisotopic (exact) mass is 221 g/mol. The molecule has 16 heavy (non-hydrogen) atoms. The first-order chi connectivity index (χ1) is 7.78. The van der Waals surface area contributed by atoms with E-state index in [0.717, 1.165) is 12.5 Å². The molecule has 2 fully saturated rings. The van der Waals surface area contributed by atoms with Crippen LogP contribution in [-0.2, 0) is 6.61 Å². The third-order valence-electron chi connectivity index (χ3n) is 3.91. The van der Waals surface area contributed by atoms with Gasteiger partial charge in [0.2, 0.25) is 0 Å². The van der Waals surface area contributed by atoms with Crippen LogP contribution in [0.2, 0.25) is 0 Å². The number of rotatable bonds is 2. The number of piperidine rings is 1. The Morgan fingerprint density at radius 3 is 2.81 bits per heavy atom. The van der Waals surface area contributed by atoms with E-state index in [1.54, 1.807) is 0 Å². The summed E-state index contributed by atoms with van der Waals surface area (Å²) >= 11 is 0. The maximum atomic E-state index is 13.9. The molecule has 1 N–H and O–H groups in total. The molecule has 86 valence electrons. The minimum Gasteiger partial charge on any atom is -0.392 e. The van der Waals surface area contributed by atoms with Gasteiger partial charge < -0.3 is 10.0 Å². The molecular formula is C13H16FNO. The van der Waals surface area contributed by atoms with Crippen molar-refractivity contribution in [3.8, 4) is 0 Å². The van der Waals surface area contributed by atoms with Crippen molar-refractivity contribution >= 4 is 5.69 Å². The first-order valence-corrected chi connectivity index (χ1v) is 5.94. The molecule has 0 amide bonds. The number of nitrogens with zero attached hydrogens (tertiary/aromatic N) is 1. The smallest absolute Gasteiger partial charge is 0.146 e. The van der Waals surface area contributed by atoms with E-state index < -0.39 is 0 Å². The van der Waals surface area contributed by atoms with Crippen molar-refractivity contribution in [1.29, 1.82) is 0 Å². The fourth-order valence-electron chi connectivity index (χ4n) is 3.10. The minimum absolute atomic E-state index is 0.0940. The van der Waals surface area contributed by atoms with Crippen LogP contribution in [0.3, 0.4) is 0 Å². The van der Waals surface area contributed by atoms with Gasteiger partial charge in [-0.25, -0.2) is 4.39 Å². The second-order valence-corrected chi connectivity index (χ2v) is 4.93. The van der Waals surface area contributed by atoms with Crippen molar-refractivity contribution < 1.29 is 9.50 Å². The Bertz CT molecular complexity index is 407. The van der Waals surface area contributed by atoms with Crippen molar-refractivity contribution in [1.82, 2.24) is 0 Å². The number of benzene rings is 1. The summed E-state index contributed by atoms with van der Waals surface area (Å²) in [5.41, 5.74) is 1.36. The number of halogens is 1. The van der Waals surface area contributed by atoms with Gasteiger partial charge in [-0.2, -0.15) is 0 Å². The molecule has 1 aromatic carbocycles. The highest BCUT2D eigenvalue weighted by molar-refractivity contribution is 5.51. The Morgan fingerprint density at radius 1 is 1.38 bits per heavy atom. The lowest BCUT2D eigenvalue weighted by atomic mass is 10.1. The summed E-state index contributed by atoms with van der Waals surface area (Å²) in [6.07, 6.45) is 3.73. The molecule has 1 aliphatic carbocycles. The third kappa shape index (κ3) is 1.50. The molecule has 1 saturated heterocycles. The summed E-state index contributed by atoms with van der Waals surface area (Å²) in [6.45, 7) is 0.906.